The molecule has 0 aliphatic carbocycles. The van der Waals surface area contributed by atoms with Crippen LogP contribution in [0.1, 0.15) is 30.6 Å². The van der Waals surface area contributed by atoms with Crippen molar-refractivity contribution >= 4 is 9.84 Å². The van der Waals surface area contributed by atoms with Crippen molar-refractivity contribution in [3.8, 4) is 0 Å². The van der Waals surface area contributed by atoms with Crippen LogP contribution in [0.15, 0.2) is 4.52 Å². The summed E-state index contributed by atoms with van der Waals surface area (Å²) >= 11 is 0. The molecule has 0 spiro atoms. The first-order valence-electron chi connectivity index (χ1n) is 4.78. The molecule has 2 rings (SSSR count). The summed E-state index contributed by atoms with van der Waals surface area (Å²) in [5.41, 5.74) is 0. The molecule has 1 aliphatic heterocycles. The summed E-state index contributed by atoms with van der Waals surface area (Å²) in [5, 5.41) is 6.84. The highest BCUT2D eigenvalue weighted by Gasteiger charge is 2.23. The van der Waals surface area contributed by atoms with Crippen LogP contribution in [0.3, 0.4) is 0 Å². The third-order valence-corrected chi connectivity index (χ3v) is 3.02. The van der Waals surface area contributed by atoms with E-state index in [4.69, 9.17) is 4.52 Å². The molecular weight excluding hydrogens is 218 g/mol. The number of nitrogens with one attached hydrogen (secondary N) is 1. The Morgan fingerprint density at radius 1 is 1.60 bits per heavy atom. The Hall–Kier alpha value is -0.950. The molecule has 0 aromatic carbocycles. The Balaban J connectivity index is 2.10. The van der Waals surface area contributed by atoms with Gasteiger partial charge in [-0.3, -0.25) is 0 Å². The van der Waals surface area contributed by atoms with Crippen LogP contribution in [0.5, 0.6) is 0 Å². The van der Waals surface area contributed by atoms with Crippen LogP contribution in [0.25, 0.3) is 0 Å². The van der Waals surface area contributed by atoms with Crippen LogP contribution in [0.4, 0.5) is 0 Å². The molecule has 0 saturated carbocycles. The molecule has 2 heterocycles. The fraction of sp³-hybridized carbons (Fsp3) is 0.750. The van der Waals surface area contributed by atoms with E-state index < -0.39 is 9.84 Å². The molecule has 0 radical (unpaired) electrons. The van der Waals surface area contributed by atoms with E-state index in [0.717, 1.165) is 25.6 Å². The second kappa shape index (κ2) is 3.90. The van der Waals surface area contributed by atoms with E-state index in [1.54, 1.807) is 0 Å². The third kappa shape index (κ3) is 2.75. The average molecular weight is 231 g/mol. The molecule has 1 atom stereocenters. The van der Waals surface area contributed by atoms with Crippen LogP contribution in [-0.4, -0.2) is 31.4 Å². The molecule has 1 aromatic heterocycles. The van der Waals surface area contributed by atoms with Crippen LogP contribution in [0, 0.1) is 0 Å². The molecule has 6 nitrogen and oxygen atoms in total. The maximum Gasteiger partial charge on any atom is 0.243 e. The molecule has 1 fully saturated rings. The molecule has 1 aliphatic rings. The zero-order chi connectivity index (χ0) is 10.9. The van der Waals surface area contributed by atoms with Gasteiger partial charge in [0.15, 0.2) is 15.7 Å². The van der Waals surface area contributed by atoms with Crippen molar-refractivity contribution in [1.82, 2.24) is 15.5 Å². The SMILES string of the molecule is CS(=O)(=O)Cc1noc([C@H]2CCCN2)n1. The highest BCUT2D eigenvalue weighted by atomic mass is 32.2. The van der Waals surface area contributed by atoms with Gasteiger partial charge in [0.25, 0.3) is 0 Å². The van der Waals surface area contributed by atoms with Gasteiger partial charge in [-0.1, -0.05) is 5.16 Å². The predicted octanol–water partition coefficient (Wildman–Crippen LogP) is 0.0387. The summed E-state index contributed by atoms with van der Waals surface area (Å²) < 4.78 is 27.0. The monoisotopic (exact) mass is 231 g/mol. The maximum absolute atomic E-state index is 11.0. The van der Waals surface area contributed by atoms with Gasteiger partial charge in [-0.25, -0.2) is 8.42 Å². The van der Waals surface area contributed by atoms with Crippen LogP contribution < -0.4 is 5.32 Å². The van der Waals surface area contributed by atoms with E-state index in [2.05, 4.69) is 15.5 Å². The summed E-state index contributed by atoms with van der Waals surface area (Å²) in [6.07, 6.45) is 3.19. The second-order valence-corrected chi connectivity index (χ2v) is 5.91. The van der Waals surface area contributed by atoms with E-state index in [1.165, 1.54) is 0 Å². The normalized spacial score (nSPS) is 22.1. The summed E-state index contributed by atoms with van der Waals surface area (Å²) in [6.45, 7) is 0.939. The van der Waals surface area contributed by atoms with Crippen molar-refractivity contribution in [2.45, 2.75) is 24.6 Å². The van der Waals surface area contributed by atoms with Gasteiger partial charge in [-0.15, -0.1) is 0 Å². The van der Waals surface area contributed by atoms with Crippen molar-refractivity contribution in [1.29, 1.82) is 0 Å². The topological polar surface area (TPSA) is 85.1 Å². The summed E-state index contributed by atoms with van der Waals surface area (Å²) in [7, 11) is -3.09. The van der Waals surface area contributed by atoms with Crippen molar-refractivity contribution in [2.75, 3.05) is 12.8 Å². The quantitative estimate of drug-likeness (QED) is 0.790. The van der Waals surface area contributed by atoms with Crippen molar-refractivity contribution in [3.63, 3.8) is 0 Å². The van der Waals surface area contributed by atoms with Gasteiger partial charge in [0.05, 0.1) is 6.04 Å². The van der Waals surface area contributed by atoms with Crippen LogP contribution >= 0.6 is 0 Å². The molecular formula is C8H13N3O3S. The minimum atomic E-state index is -3.09. The predicted molar refractivity (Wildman–Crippen MR) is 52.8 cm³/mol. The van der Waals surface area contributed by atoms with E-state index in [1.807, 2.05) is 0 Å². The molecule has 15 heavy (non-hydrogen) atoms. The number of nitrogens with zero attached hydrogens (tertiary/aromatic N) is 2. The van der Waals surface area contributed by atoms with Gasteiger partial charge >= 0.3 is 0 Å². The first-order chi connectivity index (χ1) is 7.04. The highest BCUT2D eigenvalue weighted by Crippen LogP contribution is 2.21. The second-order valence-electron chi connectivity index (χ2n) is 3.77. The zero-order valence-electron chi connectivity index (χ0n) is 8.43. The first-order valence-corrected chi connectivity index (χ1v) is 6.84. The molecule has 1 saturated heterocycles. The molecule has 0 bridgehead atoms. The molecule has 7 heteroatoms. The lowest BCUT2D eigenvalue weighted by atomic mass is 10.2. The number of sulfone groups is 1. The fourth-order valence-electron chi connectivity index (χ4n) is 1.60. The van der Waals surface area contributed by atoms with Crippen molar-refractivity contribution < 1.29 is 12.9 Å². The maximum atomic E-state index is 11.0. The van der Waals surface area contributed by atoms with Gasteiger partial charge in [-0.05, 0) is 19.4 Å². The minimum absolute atomic E-state index is 0.0887. The van der Waals surface area contributed by atoms with E-state index in [-0.39, 0.29) is 17.6 Å². The van der Waals surface area contributed by atoms with Crippen LogP contribution in [-0.2, 0) is 15.6 Å². The molecule has 1 aromatic rings. The van der Waals surface area contributed by atoms with Crippen molar-refractivity contribution in [2.24, 2.45) is 0 Å². The van der Waals surface area contributed by atoms with E-state index in [9.17, 15) is 8.42 Å². The van der Waals surface area contributed by atoms with Gasteiger partial charge < -0.3 is 9.84 Å². The standard InChI is InChI=1S/C8H13N3O3S/c1-15(12,13)5-7-10-8(14-11-7)6-3-2-4-9-6/h6,9H,2-5H2,1H3/t6-/m1/s1. The largest absolute Gasteiger partial charge is 0.338 e. The Morgan fingerprint density at radius 2 is 2.40 bits per heavy atom. The minimum Gasteiger partial charge on any atom is -0.338 e. The lowest BCUT2D eigenvalue weighted by Crippen LogP contribution is -2.13. The van der Waals surface area contributed by atoms with Gasteiger partial charge in [0, 0.05) is 6.26 Å². The van der Waals surface area contributed by atoms with Crippen LogP contribution in [0.2, 0.25) is 0 Å². The van der Waals surface area contributed by atoms with Gasteiger partial charge in [0.1, 0.15) is 5.75 Å². The third-order valence-electron chi connectivity index (χ3n) is 2.23. The summed E-state index contributed by atoms with van der Waals surface area (Å²) in [5.74, 6) is 0.566. The average Bonchev–Trinajstić information content (AvgIpc) is 2.68. The Bertz CT molecular complexity index is 434. The lowest BCUT2D eigenvalue weighted by Gasteiger charge is -2.01. The Kier molecular flexibility index (Phi) is 2.74. The summed E-state index contributed by atoms with van der Waals surface area (Å²) in [6, 6.07) is 0.0887. The Morgan fingerprint density at radius 3 is 3.00 bits per heavy atom. The fourth-order valence-corrected chi connectivity index (χ4v) is 2.18. The smallest absolute Gasteiger partial charge is 0.243 e. The number of hydrogen-bond donors (Lipinski definition) is 1. The van der Waals surface area contributed by atoms with Gasteiger partial charge in [-0.2, -0.15) is 4.98 Å². The molecule has 1 N–H and O–H groups in total. The Labute approximate surface area is 88.0 Å². The highest BCUT2D eigenvalue weighted by molar-refractivity contribution is 7.89. The number of aromatic nitrogens is 2. The number of hydrogen-bond acceptors (Lipinski definition) is 6. The van der Waals surface area contributed by atoms with E-state index >= 15 is 0 Å². The lowest BCUT2D eigenvalue weighted by molar-refractivity contribution is 0.342. The number of rotatable bonds is 3. The zero-order valence-corrected chi connectivity index (χ0v) is 9.25. The molecule has 0 amide bonds. The van der Waals surface area contributed by atoms with Gasteiger partial charge in [0.2, 0.25) is 5.89 Å². The van der Waals surface area contributed by atoms with E-state index in [0.29, 0.717) is 5.89 Å². The molecule has 0 unspecified atom stereocenters. The summed E-state index contributed by atoms with van der Waals surface area (Å²) in [4.78, 5) is 4.06. The first kappa shape index (κ1) is 10.6. The van der Waals surface area contributed by atoms with Crippen molar-refractivity contribution in [3.05, 3.63) is 11.7 Å². The molecule has 84 valence electrons.